The molecule has 2 heterocycles. The Morgan fingerprint density at radius 3 is 2.68 bits per heavy atom. The minimum absolute atomic E-state index is 0.0244. The molecule has 0 saturated heterocycles. The molecule has 1 unspecified atom stereocenters. The van der Waals surface area contributed by atoms with Gasteiger partial charge in [-0.05, 0) is 30.3 Å². The van der Waals surface area contributed by atoms with Crippen LogP contribution >= 0.6 is 0 Å². The summed E-state index contributed by atoms with van der Waals surface area (Å²) in [7, 11) is 1.37. The molecule has 0 aliphatic carbocycles. The number of aliphatic hydroxyl groups is 1. The highest BCUT2D eigenvalue weighted by Gasteiger charge is 2.27. The smallest absolute Gasteiger partial charge is 0.350 e. The zero-order valence-electron chi connectivity index (χ0n) is 19.4. The summed E-state index contributed by atoms with van der Waals surface area (Å²) in [6.07, 6.45) is 2.84. The molecule has 0 aliphatic heterocycles. The van der Waals surface area contributed by atoms with Crippen LogP contribution in [-0.4, -0.2) is 56.0 Å². The van der Waals surface area contributed by atoms with Crippen molar-refractivity contribution < 1.29 is 23.4 Å². The molecule has 0 saturated carbocycles. The Bertz CT molecular complexity index is 1480. The van der Waals surface area contributed by atoms with E-state index >= 15 is 4.39 Å². The fourth-order valence-corrected chi connectivity index (χ4v) is 3.47. The Balaban J connectivity index is 1.86. The quantitative estimate of drug-likeness (QED) is 0.156. The molecule has 0 aliphatic rings. The van der Waals surface area contributed by atoms with Crippen LogP contribution in [-0.2, 0) is 0 Å². The molecule has 0 fully saturated rings. The fourth-order valence-electron chi connectivity index (χ4n) is 3.47. The lowest BCUT2D eigenvalue weighted by molar-refractivity contribution is 0.195. The predicted molar refractivity (Wildman–Crippen MR) is 128 cm³/mol. The average Bonchev–Trinajstić information content (AvgIpc) is 3.28. The molecule has 0 amide bonds. The molecule has 14 heteroatoms. The highest BCUT2D eigenvalue weighted by Crippen LogP contribution is 2.35. The van der Waals surface area contributed by atoms with Gasteiger partial charge in [0, 0.05) is 29.7 Å². The van der Waals surface area contributed by atoms with Crippen LogP contribution in [0.3, 0.4) is 0 Å². The number of halogens is 2. The minimum Gasteiger partial charge on any atom is -0.497 e. The van der Waals surface area contributed by atoms with E-state index in [2.05, 4.69) is 25.4 Å². The van der Waals surface area contributed by atoms with E-state index in [1.165, 1.54) is 43.8 Å². The molecule has 0 bridgehead atoms. The fraction of sp³-hybridized carbons (Fsp3) is 0.174. The second-order valence-corrected chi connectivity index (χ2v) is 7.56. The van der Waals surface area contributed by atoms with Crippen LogP contribution in [0.1, 0.15) is 23.0 Å². The number of aliphatic hydroxyl groups excluding tert-OH is 1. The summed E-state index contributed by atoms with van der Waals surface area (Å²) in [5.41, 5.74) is 4.67. The van der Waals surface area contributed by atoms with Gasteiger partial charge in [0.15, 0.2) is 17.4 Å². The Morgan fingerprint density at radius 1 is 1.27 bits per heavy atom. The normalized spacial score (nSPS) is 11.7. The molecule has 12 nitrogen and oxygen atoms in total. The summed E-state index contributed by atoms with van der Waals surface area (Å²) < 4.78 is 41.7. The maximum atomic E-state index is 15.7. The van der Waals surface area contributed by atoms with E-state index in [4.69, 9.17) is 25.7 Å². The standard InChI is InChI=1S/C23H22F2N8O4/c1-36-13-10-15(18(25)17(11-13)37-8-7-34)19(30-12-3-4-14(20(26)27)16(24)9-12)21-31-23(35)33(32-21)22-28-5-2-6-29-22/h2-6,9-11,19,30,34H,7-8H2,1H3,(H3,26,27)(H,31,32,35). The Kier molecular flexibility index (Phi) is 7.39. The van der Waals surface area contributed by atoms with Crippen molar-refractivity contribution in [3.63, 3.8) is 0 Å². The van der Waals surface area contributed by atoms with Crippen LogP contribution in [0.4, 0.5) is 14.5 Å². The van der Waals surface area contributed by atoms with Gasteiger partial charge in [-0.2, -0.15) is 0 Å². The molecule has 37 heavy (non-hydrogen) atoms. The molecule has 2 aromatic carbocycles. The topological polar surface area (TPSA) is 177 Å². The van der Waals surface area contributed by atoms with E-state index in [0.717, 1.165) is 10.7 Å². The number of nitrogen functional groups attached to an aromatic ring is 1. The average molecular weight is 512 g/mol. The third-order valence-electron chi connectivity index (χ3n) is 5.16. The monoisotopic (exact) mass is 512 g/mol. The molecule has 4 aromatic rings. The number of anilines is 1. The van der Waals surface area contributed by atoms with Crippen molar-refractivity contribution in [1.82, 2.24) is 24.7 Å². The largest absolute Gasteiger partial charge is 0.497 e. The van der Waals surface area contributed by atoms with E-state index in [0.29, 0.717) is 0 Å². The number of ether oxygens (including phenoxy) is 2. The first-order valence-electron chi connectivity index (χ1n) is 10.8. The van der Waals surface area contributed by atoms with Gasteiger partial charge in [-0.25, -0.2) is 23.5 Å². The van der Waals surface area contributed by atoms with Crippen molar-refractivity contribution >= 4 is 11.5 Å². The summed E-state index contributed by atoms with van der Waals surface area (Å²) in [6.45, 7) is -0.541. The molecular formula is C23H22F2N8O4. The molecule has 0 spiro atoms. The van der Waals surface area contributed by atoms with Gasteiger partial charge in [0.2, 0.25) is 0 Å². The number of aromatic nitrogens is 5. The maximum absolute atomic E-state index is 15.7. The zero-order valence-corrected chi connectivity index (χ0v) is 19.4. The van der Waals surface area contributed by atoms with Crippen molar-refractivity contribution in [3.05, 3.63) is 87.9 Å². The van der Waals surface area contributed by atoms with Gasteiger partial charge >= 0.3 is 5.69 Å². The summed E-state index contributed by atoms with van der Waals surface area (Å²) in [4.78, 5) is 23.2. The van der Waals surface area contributed by atoms with E-state index < -0.39 is 29.2 Å². The van der Waals surface area contributed by atoms with Crippen LogP contribution in [0.2, 0.25) is 0 Å². The van der Waals surface area contributed by atoms with Crippen LogP contribution in [0, 0.1) is 17.0 Å². The van der Waals surface area contributed by atoms with E-state index in [1.54, 1.807) is 6.07 Å². The van der Waals surface area contributed by atoms with Crippen LogP contribution in [0.25, 0.3) is 5.95 Å². The minimum atomic E-state index is -1.20. The number of hydrogen-bond donors (Lipinski definition) is 5. The number of hydrogen-bond acceptors (Lipinski definition) is 9. The number of amidine groups is 1. The van der Waals surface area contributed by atoms with Crippen molar-refractivity contribution in [2.45, 2.75) is 6.04 Å². The van der Waals surface area contributed by atoms with Crippen molar-refractivity contribution in [3.8, 4) is 17.4 Å². The van der Waals surface area contributed by atoms with Crippen LogP contribution in [0.15, 0.2) is 53.6 Å². The summed E-state index contributed by atoms with van der Waals surface area (Å²) in [5, 5.41) is 23.8. The number of methoxy groups -OCH3 is 1. The van der Waals surface area contributed by atoms with E-state index in [9.17, 15) is 9.18 Å². The lowest BCUT2D eigenvalue weighted by Gasteiger charge is -2.21. The number of nitrogens with zero attached hydrogens (tertiary/aromatic N) is 4. The first-order chi connectivity index (χ1) is 17.8. The molecular weight excluding hydrogens is 490 g/mol. The lowest BCUT2D eigenvalue weighted by Crippen LogP contribution is -2.18. The first-order valence-corrected chi connectivity index (χ1v) is 10.8. The number of H-pyrrole nitrogens is 1. The molecule has 4 rings (SSSR count). The van der Waals surface area contributed by atoms with E-state index in [1.807, 2.05) is 0 Å². The first kappa shape index (κ1) is 25.2. The Morgan fingerprint density at radius 2 is 2.03 bits per heavy atom. The molecule has 0 radical (unpaired) electrons. The SMILES string of the molecule is COc1cc(OCCO)c(F)c(C(Nc2ccc(C(=N)N)c(F)c2)c2nn(-c3ncccn3)c(=O)[nH]2)c1. The number of rotatable bonds is 10. The summed E-state index contributed by atoms with van der Waals surface area (Å²) >= 11 is 0. The van der Waals surface area contributed by atoms with Gasteiger partial charge in [-0.3, -0.25) is 10.4 Å². The van der Waals surface area contributed by atoms with E-state index in [-0.39, 0.29) is 53.3 Å². The van der Waals surface area contributed by atoms with Gasteiger partial charge in [-0.15, -0.1) is 9.78 Å². The molecule has 2 aromatic heterocycles. The van der Waals surface area contributed by atoms with Gasteiger partial charge in [-0.1, -0.05) is 0 Å². The number of aromatic amines is 1. The number of nitrogens with one attached hydrogen (secondary N) is 3. The zero-order chi connectivity index (χ0) is 26.5. The third kappa shape index (κ3) is 5.38. The van der Waals surface area contributed by atoms with Crippen molar-refractivity contribution in [1.29, 1.82) is 5.41 Å². The van der Waals surface area contributed by atoms with Crippen molar-refractivity contribution in [2.75, 3.05) is 25.6 Å². The number of benzene rings is 2. The van der Waals surface area contributed by atoms with Gasteiger partial charge < -0.3 is 25.6 Å². The Labute approximate surface area is 208 Å². The van der Waals surface area contributed by atoms with Crippen molar-refractivity contribution in [2.24, 2.45) is 5.73 Å². The second kappa shape index (κ2) is 10.8. The molecule has 192 valence electrons. The maximum Gasteiger partial charge on any atom is 0.350 e. The predicted octanol–water partition coefficient (Wildman–Crippen LogP) is 1.49. The summed E-state index contributed by atoms with van der Waals surface area (Å²) in [6, 6.07) is 6.80. The highest BCUT2D eigenvalue weighted by atomic mass is 19.1. The van der Waals surface area contributed by atoms with Gasteiger partial charge in [0.25, 0.3) is 5.95 Å². The van der Waals surface area contributed by atoms with Crippen LogP contribution in [0.5, 0.6) is 11.5 Å². The summed E-state index contributed by atoms with van der Waals surface area (Å²) in [5.74, 6) is -2.18. The van der Waals surface area contributed by atoms with Crippen LogP contribution < -0.4 is 26.2 Å². The van der Waals surface area contributed by atoms with Gasteiger partial charge in [0.1, 0.15) is 30.1 Å². The molecule has 1 atom stereocenters. The highest BCUT2D eigenvalue weighted by molar-refractivity contribution is 5.95. The number of nitrogens with two attached hydrogens (primary N) is 1. The Hall–Kier alpha value is -4.85. The molecule has 6 N–H and O–H groups in total. The second-order valence-electron chi connectivity index (χ2n) is 7.56. The van der Waals surface area contributed by atoms with Gasteiger partial charge in [0.05, 0.1) is 19.3 Å². The lowest BCUT2D eigenvalue weighted by atomic mass is 10.0. The third-order valence-corrected chi connectivity index (χ3v) is 5.16.